The predicted octanol–water partition coefficient (Wildman–Crippen LogP) is 5.02. The van der Waals surface area contributed by atoms with Gasteiger partial charge in [-0.15, -0.1) is 22.7 Å². The molecule has 2 nitrogen and oxygen atoms in total. The van der Waals surface area contributed by atoms with E-state index < -0.39 is 0 Å². The lowest BCUT2D eigenvalue weighted by atomic mass is 10.1. The highest BCUT2D eigenvalue weighted by atomic mass is 79.9. The molecule has 2 rings (SSSR count). The second-order valence-corrected chi connectivity index (χ2v) is 6.45. The number of rotatable bonds is 7. The topological polar surface area (TPSA) is 18.5 Å². The number of thiophene rings is 2. The van der Waals surface area contributed by atoms with E-state index in [1.165, 1.54) is 0 Å². The summed E-state index contributed by atoms with van der Waals surface area (Å²) >= 11 is 10.0. The Labute approximate surface area is 131 Å². The Morgan fingerprint density at radius 3 is 1.61 bits per heavy atom. The molecular weight excluding hydrogens is 400 g/mol. The quantitative estimate of drug-likeness (QED) is 0.595. The lowest BCUT2D eigenvalue weighted by Crippen LogP contribution is -1.99. The van der Waals surface area contributed by atoms with Crippen LogP contribution in [-0.2, 0) is 0 Å². The lowest BCUT2D eigenvalue weighted by Gasteiger charge is -2.08. The van der Waals surface area contributed by atoms with Crippen LogP contribution in [0.1, 0.15) is 0 Å². The summed E-state index contributed by atoms with van der Waals surface area (Å²) in [5.41, 5.74) is 2.23. The summed E-state index contributed by atoms with van der Waals surface area (Å²) < 4.78 is 11.4. The van der Waals surface area contributed by atoms with Crippen LogP contribution >= 0.6 is 54.5 Å². The molecule has 0 fully saturated rings. The van der Waals surface area contributed by atoms with Gasteiger partial charge in [-0.05, 0) is 0 Å². The molecule has 0 N–H and O–H groups in total. The summed E-state index contributed by atoms with van der Waals surface area (Å²) in [7, 11) is 0. The van der Waals surface area contributed by atoms with E-state index >= 15 is 0 Å². The van der Waals surface area contributed by atoms with Crippen LogP contribution in [0.5, 0.6) is 11.5 Å². The van der Waals surface area contributed by atoms with E-state index in [1.54, 1.807) is 22.7 Å². The van der Waals surface area contributed by atoms with Gasteiger partial charge < -0.3 is 9.47 Å². The van der Waals surface area contributed by atoms with Gasteiger partial charge in [-0.25, -0.2) is 0 Å². The van der Waals surface area contributed by atoms with Crippen LogP contribution in [0.3, 0.4) is 0 Å². The van der Waals surface area contributed by atoms with E-state index in [9.17, 15) is 0 Å². The first kappa shape index (κ1) is 14.4. The number of ether oxygens (including phenoxy) is 2. The molecule has 0 aliphatic heterocycles. The van der Waals surface area contributed by atoms with Crippen LogP contribution in [0.4, 0.5) is 0 Å². The lowest BCUT2D eigenvalue weighted by molar-refractivity contribution is 0.343. The summed E-state index contributed by atoms with van der Waals surface area (Å²) in [6, 6.07) is 0. The fraction of sp³-hybridized carbons (Fsp3) is 0.333. The fourth-order valence-corrected chi connectivity index (χ4v) is 3.34. The van der Waals surface area contributed by atoms with Gasteiger partial charge in [-0.1, -0.05) is 31.9 Å². The van der Waals surface area contributed by atoms with Crippen molar-refractivity contribution in [1.82, 2.24) is 0 Å². The molecule has 2 heterocycles. The Morgan fingerprint density at radius 1 is 0.778 bits per heavy atom. The second-order valence-electron chi connectivity index (χ2n) is 3.37. The van der Waals surface area contributed by atoms with Crippen LogP contribution < -0.4 is 9.47 Å². The Morgan fingerprint density at radius 2 is 1.22 bits per heavy atom. The minimum absolute atomic E-state index is 0.672. The molecule has 0 radical (unpaired) electrons. The van der Waals surface area contributed by atoms with E-state index in [-0.39, 0.29) is 0 Å². The average molecular weight is 412 g/mol. The van der Waals surface area contributed by atoms with E-state index in [2.05, 4.69) is 42.6 Å². The molecule has 0 aliphatic rings. The van der Waals surface area contributed by atoms with Crippen molar-refractivity contribution in [3.05, 3.63) is 21.5 Å². The first-order valence-electron chi connectivity index (χ1n) is 5.37. The second kappa shape index (κ2) is 7.53. The first-order valence-corrected chi connectivity index (χ1v) is 9.50. The highest BCUT2D eigenvalue weighted by molar-refractivity contribution is 9.09. The minimum Gasteiger partial charge on any atom is -0.491 e. The van der Waals surface area contributed by atoms with Crippen LogP contribution in [0, 0.1) is 0 Å². The van der Waals surface area contributed by atoms with Crippen molar-refractivity contribution in [1.29, 1.82) is 0 Å². The third-order valence-corrected chi connectivity index (χ3v) is 4.30. The Balaban J connectivity index is 2.20. The Kier molecular flexibility index (Phi) is 6.01. The third-order valence-electron chi connectivity index (χ3n) is 2.21. The van der Waals surface area contributed by atoms with Gasteiger partial charge in [0.05, 0.1) is 13.2 Å². The van der Waals surface area contributed by atoms with Crippen LogP contribution in [-0.4, -0.2) is 23.9 Å². The van der Waals surface area contributed by atoms with Gasteiger partial charge in [0, 0.05) is 43.3 Å². The SMILES string of the molecule is BrCCOc1cscc1-c1cscc1OCCBr. The smallest absolute Gasteiger partial charge is 0.137 e. The van der Waals surface area contributed by atoms with Crippen molar-refractivity contribution in [3.63, 3.8) is 0 Å². The fourth-order valence-electron chi connectivity index (χ4n) is 1.48. The summed E-state index contributed by atoms with van der Waals surface area (Å²) in [6.45, 7) is 1.34. The summed E-state index contributed by atoms with van der Waals surface area (Å²) in [5.74, 6) is 1.86. The van der Waals surface area contributed by atoms with Gasteiger partial charge in [-0.3, -0.25) is 0 Å². The zero-order chi connectivity index (χ0) is 12.8. The van der Waals surface area contributed by atoms with Gasteiger partial charge >= 0.3 is 0 Å². The zero-order valence-corrected chi connectivity index (χ0v) is 14.3. The molecule has 2 aromatic rings. The summed E-state index contributed by atoms with van der Waals surface area (Å²) in [5, 5.41) is 9.94. The Bertz CT molecular complexity index is 438. The first-order chi connectivity index (χ1) is 8.86. The molecule has 6 heteroatoms. The maximum atomic E-state index is 5.71. The molecule has 2 aromatic heterocycles. The van der Waals surface area contributed by atoms with E-state index in [1.807, 2.05) is 10.8 Å². The summed E-state index contributed by atoms with van der Waals surface area (Å²) in [4.78, 5) is 0. The minimum atomic E-state index is 0.672. The van der Waals surface area contributed by atoms with E-state index in [0.717, 1.165) is 33.3 Å². The molecule has 0 atom stereocenters. The molecule has 0 unspecified atom stereocenters. The van der Waals surface area contributed by atoms with Crippen molar-refractivity contribution in [3.8, 4) is 22.6 Å². The monoisotopic (exact) mass is 410 g/mol. The van der Waals surface area contributed by atoms with Crippen molar-refractivity contribution in [2.24, 2.45) is 0 Å². The highest BCUT2D eigenvalue weighted by Crippen LogP contribution is 2.41. The molecule has 98 valence electrons. The predicted molar refractivity (Wildman–Crippen MR) is 86.2 cm³/mol. The zero-order valence-electron chi connectivity index (χ0n) is 9.53. The van der Waals surface area contributed by atoms with E-state index in [4.69, 9.17) is 9.47 Å². The molecule has 0 aromatic carbocycles. The molecule has 0 spiro atoms. The maximum Gasteiger partial charge on any atom is 0.137 e. The van der Waals surface area contributed by atoms with Gasteiger partial charge in [0.2, 0.25) is 0 Å². The number of hydrogen-bond acceptors (Lipinski definition) is 4. The maximum absolute atomic E-state index is 5.71. The highest BCUT2D eigenvalue weighted by Gasteiger charge is 2.13. The molecule has 0 saturated heterocycles. The van der Waals surface area contributed by atoms with Gasteiger partial charge in [0.15, 0.2) is 0 Å². The van der Waals surface area contributed by atoms with Crippen molar-refractivity contribution < 1.29 is 9.47 Å². The normalized spacial score (nSPS) is 10.6. The van der Waals surface area contributed by atoms with Gasteiger partial charge in [0.1, 0.15) is 11.5 Å². The summed E-state index contributed by atoms with van der Waals surface area (Å²) in [6.07, 6.45) is 0. The average Bonchev–Trinajstić information content (AvgIpc) is 3.01. The van der Waals surface area contributed by atoms with Crippen LogP contribution in [0.25, 0.3) is 11.1 Å². The standard InChI is InChI=1S/C12H12Br2O2S2/c13-1-3-15-11-7-17-5-9(11)10-6-18-8-12(10)16-4-2-14/h5-8H,1-4H2. The molecule has 0 saturated carbocycles. The van der Waals surface area contributed by atoms with Crippen molar-refractivity contribution >= 4 is 54.5 Å². The molecule has 0 aliphatic carbocycles. The van der Waals surface area contributed by atoms with E-state index in [0.29, 0.717) is 13.2 Å². The van der Waals surface area contributed by atoms with Crippen molar-refractivity contribution in [2.75, 3.05) is 23.9 Å². The van der Waals surface area contributed by atoms with Crippen molar-refractivity contribution in [2.45, 2.75) is 0 Å². The number of alkyl halides is 2. The number of halogens is 2. The number of hydrogen-bond donors (Lipinski definition) is 0. The molecule has 0 bridgehead atoms. The van der Waals surface area contributed by atoms with Crippen LogP contribution in [0.15, 0.2) is 21.5 Å². The molecule has 18 heavy (non-hydrogen) atoms. The molecule has 0 amide bonds. The van der Waals surface area contributed by atoms with Gasteiger partial charge in [0.25, 0.3) is 0 Å². The Hall–Kier alpha value is -0.0400. The molecular formula is C12H12Br2O2S2. The third kappa shape index (κ3) is 3.50. The van der Waals surface area contributed by atoms with Gasteiger partial charge in [-0.2, -0.15) is 0 Å². The largest absolute Gasteiger partial charge is 0.491 e. The van der Waals surface area contributed by atoms with Crippen LogP contribution in [0.2, 0.25) is 0 Å².